The number of aryl methyl sites for hydroxylation is 1. The fourth-order valence-electron chi connectivity index (χ4n) is 3.21. The summed E-state index contributed by atoms with van der Waals surface area (Å²) >= 11 is 0. The number of amides is 4. The van der Waals surface area contributed by atoms with Gasteiger partial charge in [-0.2, -0.15) is 0 Å². The van der Waals surface area contributed by atoms with Crippen molar-refractivity contribution in [3.63, 3.8) is 0 Å². The number of imidazole rings is 1. The van der Waals surface area contributed by atoms with Crippen LogP contribution in [0.2, 0.25) is 0 Å². The van der Waals surface area contributed by atoms with Gasteiger partial charge in [-0.05, 0) is 12.8 Å². The molecule has 0 saturated carbocycles. The Morgan fingerprint density at radius 1 is 1.43 bits per heavy atom. The van der Waals surface area contributed by atoms with E-state index in [-0.39, 0.29) is 30.9 Å². The molecule has 0 bridgehead atoms. The zero-order valence-corrected chi connectivity index (χ0v) is 13.2. The van der Waals surface area contributed by atoms with Crippen LogP contribution in [0.15, 0.2) is 12.4 Å². The van der Waals surface area contributed by atoms with Gasteiger partial charge in [0, 0.05) is 31.9 Å². The third kappa shape index (κ3) is 3.06. The summed E-state index contributed by atoms with van der Waals surface area (Å²) in [7, 11) is 0. The predicted molar refractivity (Wildman–Crippen MR) is 81.6 cm³/mol. The average molecular weight is 319 g/mol. The zero-order valence-electron chi connectivity index (χ0n) is 13.2. The SMILES string of the molecule is CCc1nccn1[C@@H]1CCCN(C(=O)CN2C(=O)CNC2=O)C1. The highest BCUT2D eigenvalue weighted by Crippen LogP contribution is 2.23. The van der Waals surface area contributed by atoms with Crippen LogP contribution in [0.3, 0.4) is 0 Å². The summed E-state index contributed by atoms with van der Waals surface area (Å²) in [6, 6.07) is -0.284. The van der Waals surface area contributed by atoms with Gasteiger partial charge in [-0.1, -0.05) is 6.92 Å². The summed E-state index contributed by atoms with van der Waals surface area (Å²) in [5.41, 5.74) is 0. The number of hydrogen-bond acceptors (Lipinski definition) is 4. The van der Waals surface area contributed by atoms with Crippen LogP contribution in [0.1, 0.15) is 31.6 Å². The average Bonchev–Trinajstić information content (AvgIpc) is 3.16. The predicted octanol–water partition coefficient (Wildman–Crippen LogP) is 0.161. The van der Waals surface area contributed by atoms with Crippen molar-refractivity contribution in [2.24, 2.45) is 0 Å². The van der Waals surface area contributed by atoms with Crippen molar-refractivity contribution in [3.8, 4) is 0 Å². The number of nitrogens with one attached hydrogen (secondary N) is 1. The molecule has 3 rings (SSSR count). The highest BCUT2D eigenvalue weighted by atomic mass is 16.2. The van der Waals surface area contributed by atoms with Gasteiger partial charge < -0.3 is 14.8 Å². The van der Waals surface area contributed by atoms with Crippen LogP contribution in [0, 0.1) is 0 Å². The number of piperidine rings is 1. The molecule has 23 heavy (non-hydrogen) atoms. The van der Waals surface area contributed by atoms with Gasteiger partial charge in [0.2, 0.25) is 5.91 Å². The molecule has 2 aliphatic heterocycles. The normalized spacial score (nSPS) is 21.7. The van der Waals surface area contributed by atoms with Crippen LogP contribution in [0.5, 0.6) is 0 Å². The van der Waals surface area contributed by atoms with E-state index in [1.54, 1.807) is 11.1 Å². The number of imide groups is 1. The molecule has 8 heteroatoms. The molecule has 8 nitrogen and oxygen atoms in total. The number of aromatic nitrogens is 2. The van der Waals surface area contributed by atoms with Gasteiger partial charge in [0.25, 0.3) is 5.91 Å². The number of nitrogens with zero attached hydrogens (tertiary/aromatic N) is 4. The summed E-state index contributed by atoms with van der Waals surface area (Å²) in [5, 5.41) is 2.43. The van der Waals surface area contributed by atoms with Crippen LogP contribution in [0.4, 0.5) is 4.79 Å². The van der Waals surface area contributed by atoms with E-state index in [0.29, 0.717) is 13.1 Å². The van der Waals surface area contributed by atoms with Gasteiger partial charge in [-0.3, -0.25) is 14.5 Å². The maximum Gasteiger partial charge on any atom is 0.325 e. The molecule has 2 saturated heterocycles. The number of carbonyl (C=O) groups is 3. The van der Waals surface area contributed by atoms with Crippen LogP contribution in [-0.4, -0.2) is 63.4 Å². The molecule has 0 unspecified atom stereocenters. The van der Waals surface area contributed by atoms with Crippen molar-refractivity contribution in [2.45, 2.75) is 32.2 Å². The minimum Gasteiger partial charge on any atom is -0.339 e. The standard InChI is InChI=1S/C15H21N5O3/c1-2-12-16-5-7-19(12)11-4-3-6-18(9-11)14(22)10-20-13(21)8-17-15(20)23/h5,7,11H,2-4,6,8-10H2,1H3,(H,17,23)/t11-/m1/s1. The van der Waals surface area contributed by atoms with Gasteiger partial charge in [-0.15, -0.1) is 0 Å². The Balaban J connectivity index is 1.65. The molecule has 0 radical (unpaired) electrons. The molecule has 124 valence electrons. The third-order valence-electron chi connectivity index (χ3n) is 4.44. The minimum atomic E-state index is -0.486. The molecular weight excluding hydrogens is 298 g/mol. The van der Waals surface area contributed by atoms with Gasteiger partial charge in [0.05, 0.1) is 12.6 Å². The van der Waals surface area contributed by atoms with E-state index in [4.69, 9.17) is 0 Å². The lowest BCUT2D eigenvalue weighted by Gasteiger charge is -2.34. The molecule has 1 aromatic heterocycles. The fourth-order valence-corrected chi connectivity index (χ4v) is 3.21. The van der Waals surface area contributed by atoms with E-state index < -0.39 is 6.03 Å². The van der Waals surface area contributed by atoms with E-state index in [1.807, 2.05) is 6.20 Å². The lowest BCUT2D eigenvalue weighted by molar-refractivity contribution is -0.137. The number of rotatable bonds is 4. The van der Waals surface area contributed by atoms with Crippen molar-refractivity contribution in [2.75, 3.05) is 26.2 Å². The number of urea groups is 1. The third-order valence-corrected chi connectivity index (χ3v) is 4.44. The highest BCUT2D eigenvalue weighted by molar-refractivity contribution is 6.04. The molecule has 0 spiro atoms. The Bertz CT molecular complexity index is 610. The smallest absolute Gasteiger partial charge is 0.325 e. The van der Waals surface area contributed by atoms with Crippen LogP contribution >= 0.6 is 0 Å². The van der Waals surface area contributed by atoms with Crippen molar-refractivity contribution >= 4 is 17.8 Å². The molecule has 1 atom stereocenters. The van der Waals surface area contributed by atoms with E-state index in [2.05, 4.69) is 21.8 Å². The maximum atomic E-state index is 12.4. The lowest BCUT2D eigenvalue weighted by Crippen LogP contribution is -2.47. The Morgan fingerprint density at radius 3 is 2.96 bits per heavy atom. The highest BCUT2D eigenvalue weighted by Gasteiger charge is 2.33. The Kier molecular flexibility index (Phi) is 4.31. The summed E-state index contributed by atoms with van der Waals surface area (Å²) in [5.74, 6) is 0.483. The Hall–Kier alpha value is -2.38. The van der Waals surface area contributed by atoms with Crippen molar-refractivity contribution in [3.05, 3.63) is 18.2 Å². The molecule has 2 aliphatic rings. The number of likely N-dealkylation sites (tertiary alicyclic amines) is 1. The summed E-state index contributed by atoms with van der Waals surface area (Å²) in [4.78, 5) is 42.7. The lowest BCUT2D eigenvalue weighted by atomic mass is 10.1. The fraction of sp³-hybridized carbons (Fsp3) is 0.600. The molecule has 3 heterocycles. The molecule has 1 N–H and O–H groups in total. The van der Waals surface area contributed by atoms with E-state index in [9.17, 15) is 14.4 Å². The second kappa shape index (κ2) is 6.39. The van der Waals surface area contributed by atoms with Crippen molar-refractivity contribution in [1.82, 2.24) is 24.7 Å². The van der Waals surface area contributed by atoms with Gasteiger partial charge >= 0.3 is 6.03 Å². The van der Waals surface area contributed by atoms with Crippen LogP contribution < -0.4 is 5.32 Å². The molecule has 0 aromatic carbocycles. The Morgan fingerprint density at radius 2 is 2.26 bits per heavy atom. The summed E-state index contributed by atoms with van der Waals surface area (Å²) in [6.45, 7) is 3.11. The maximum absolute atomic E-state index is 12.4. The van der Waals surface area contributed by atoms with Crippen LogP contribution in [0.25, 0.3) is 0 Å². The van der Waals surface area contributed by atoms with E-state index >= 15 is 0 Å². The van der Waals surface area contributed by atoms with Gasteiger partial charge in [-0.25, -0.2) is 9.78 Å². The molecule has 2 fully saturated rings. The van der Waals surface area contributed by atoms with E-state index in [1.165, 1.54) is 0 Å². The number of carbonyl (C=O) groups excluding carboxylic acids is 3. The van der Waals surface area contributed by atoms with Crippen molar-refractivity contribution in [1.29, 1.82) is 0 Å². The molecule has 1 aromatic rings. The topological polar surface area (TPSA) is 87.5 Å². The first-order chi connectivity index (χ1) is 11.1. The Labute approximate surface area is 134 Å². The molecule has 4 amide bonds. The number of hydrogen-bond donors (Lipinski definition) is 1. The largest absolute Gasteiger partial charge is 0.339 e. The van der Waals surface area contributed by atoms with Gasteiger partial charge in [0.1, 0.15) is 12.4 Å². The second-order valence-corrected chi connectivity index (χ2v) is 5.88. The summed E-state index contributed by atoms with van der Waals surface area (Å²) < 4.78 is 2.13. The quantitative estimate of drug-likeness (QED) is 0.801. The first kappa shape index (κ1) is 15.5. The molecule has 0 aliphatic carbocycles. The van der Waals surface area contributed by atoms with Gasteiger partial charge in [0.15, 0.2) is 0 Å². The minimum absolute atomic E-state index is 0.0242. The van der Waals surface area contributed by atoms with E-state index in [0.717, 1.165) is 30.0 Å². The monoisotopic (exact) mass is 319 g/mol. The zero-order chi connectivity index (χ0) is 16.4. The first-order valence-electron chi connectivity index (χ1n) is 7.97. The second-order valence-electron chi connectivity index (χ2n) is 5.88. The van der Waals surface area contributed by atoms with Crippen LogP contribution in [-0.2, 0) is 16.0 Å². The summed E-state index contributed by atoms with van der Waals surface area (Å²) in [6.07, 6.45) is 6.48. The first-order valence-corrected chi connectivity index (χ1v) is 7.97. The van der Waals surface area contributed by atoms with Crippen molar-refractivity contribution < 1.29 is 14.4 Å². The molecular formula is C15H21N5O3.